The van der Waals surface area contributed by atoms with E-state index in [0.29, 0.717) is 19.1 Å². The molecule has 24 heavy (non-hydrogen) atoms. The Kier molecular flexibility index (Phi) is 8.07. The molecule has 0 spiro atoms. The van der Waals surface area contributed by atoms with Gasteiger partial charge in [0.25, 0.3) is 0 Å². The van der Waals surface area contributed by atoms with Crippen LogP contribution in [0.1, 0.15) is 19.8 Å². The Morgan fingerprint density at radius 1 is 1.00 bits per heavy atom. The second kappa shape index (κ2) is 9.30. The van der Waals surface area contributed by atoms with Crippen molar-refractivity contribution in [3.8, 4) is 0 Å². The highest BCUT2D eigenvalue weighted by molar-refractivity contribution is 6.60. The number of rotatable bonds is 10. The molecule has 0 bridgehead atoms. The van der Waals surface area contributed by atoms with Gasteiger partial charge in [0, 0.05) is 32.9 Å². The lowest BCUT2D eigenvalue weighted by Gasteiger charge is -2.26. The average molecular weight is 373 g/mol. The first-order valence-corrected chi connectivity index (χ1v) is 9.25. The van der Waals surface area contributed by atoms with Gasteiger partial charge in [-0.2, -0.15) is 0 Å². The van der Waals surface area contributed by atoms with Crippen LogP contribution in [0.3, 0.4) is 0 Å². The van der Waals surface area contributed by atoms with E-state index in [1.165, 1.54) is 14.2 Å². The maximum atomic E-state index is 13.9. The highest BCUT2D eigenvalue weighted by Crippen LogP contribution is 2.27. The molecule has 0 aliphatic carbocycles. The van der Waals surface area contributed by atoms with Crippen molar-refractivity contribution >= 4 is 14.5 Å². The van der Waals surface area contributed by atoms with Crippen LogP contribution in [0.2, 0.25) is 6.04 Å². The minimum atomic E-state index is -2.82. The van der Waals surface area contributed by atoms with Crippen molar-refractivity contribution in [3.63, 3.8) is 0 Å². The van der Waals surface area contributed by atoms with E-state index in [2.05, 4.69) is 0 Å². The number of unbranched alkanes of at least 4 members (excludes halogenated alkanes) is 1. The number of hydrogen-bond acceptors (Lipinski definition) is 4. The van der Waals surface area contributed by atoms with Gasteiger partial charge in [-0.1, -0.05) is 4.48 Å². The fourth-order valence-electron chi connectivity index (χ4n) is 2.15. The first-order valence-electron chi connectivity index (χ1n) is 7.32. The fourth-order valence-corrected chi connectivity index (χ4v) is 4.22. The normalized spacial score (nSPS) is 11.8. The van der Waals surface area contributed by atoms with E-state index in [9.17, 15) is 22.0 Å². The van der Waals surface area contributed by atoms with E-state index in [-0.39, 0.29) is 24.2 Å². The lowest BCUT2D eigenvalue weighted by Crippen LogP contribution is -2.43. The third kappa shape index (κ3) is 4.88. The highest BCUT2D eigenvalue weighted by Gasteiger charge is 2.37. The zero-order chi connectivity index (χ0) is 18.3. The molecule has 10 heteroatoms. The van der Waals surface area contributed by atoms with Gasteiger partial charge in [0.1, 0.15) is 5.69 Å². The van der Waals surface area contributed by atoms with Crippen LogP contribution in [-0.4, -0.2) is 36.2 Å². The molecule has 0 radical (unpaired) electrons. The standard InChI is InChI=1S/C14H20F5NO3Si/c1-4-23-24(21-2,22-3)8-6-5-7-20(19)11-9-10(15)12(16)14(18)13(11)17/h9H,4-8H2,1-3H3. The summed E-state index contributed by atoms with van der Waals surface area (Å²) in [6.07, 6.45) is 0.632. The lowest BCUT2D eigenvalue weighted by molar-refractivity contribution is 0.103. The Balaban J connectivity index is 2.63. The van der Waals surface area contributed by atoms with Gasteiger partial charge in [-0.15, -0.1) is 0 Å². The summed E-state index contributed by atoms with van der Waals surface area (Å²) in [6.45, 7) is 1.83. The third-order valence-electron chi connectivity index (χ3n) is 3.42. The van der Waals surface area contributed by atoms with E-state index in [1.807, 2.05) is 0 Å². The van der Waals surface area contributed by atoms with Crippen molar-refractivity contribution in [2.75, 3.05) is 32.5 Å². The van der Waals surface area contributed by atoms with Gasteiger partial charge in [0.2, 0.25) is 0 Å². The van der Waals surface area contributed by atoms with E-state index in [0.717, 1.165) is 0 Å². The topological polar surface area (TPSA) is 30.9 Å². The Bertz CT molecular complexity index is 546. The molecule has 0 saturated carbocycles. The maximum absolute atomic E-state index is 13.9. The zero-order valence-corrected chi connectivity index (χ0v) is 14.7. The Hall–Kier alpha value is -1.23. The van der Waals surface area contributed by atoms with Crippen LogP contribution in [0.4, 0.5) is 27.7 Å². The molecular weight excluding hydrogens is 353 g/mol. The van der Waals surface area contributed by atoms with Gasteiger partial charge in [0.05, 0.1) is 6.54 Å². The summed E-state index contributed by atoms with van der Waals surface area (Å²) in [5, 5.41) is -0.162. The SMILES string of the molecule is CCO[Si](CCCCN(F)c1cc(F)c(F)c(F)c1F)(OC)OC. The van der Waals surface area contributed by atoms with Crippen molar-refractivity contribution in [2.45, 2.75) is 25.8 Å². The molecule has 0 fully saturated rings. The van der Waals surface area contributed by atoms with Gasteiger partial charge in [-0.05, 0) is 19.8 Å². The van der Waals surface area contributed by atoms with Crippen LogP contribution < -0.4 is 5.12 Å². The minimum Gasteiger partial charge on any atom is -0.377 e. The molecule has 0 aliphatic heterocycles. The maximum Gasteiger partial charge on any atom is 0.500 e. The number of benzene rings is 1. The Labute approximate surface area is 138 Å². The first kappa shape index (κ1) is 20.8. The molecule has 1 rings (SSSR count). The minimum absolute atomic E-state index is 0.162. The first-order chi connectivity index (χ1) is 11.3. The number of hydrogen-bond donors (Lipinski definition) is 0. The summed E-state index contributed by atoms with van der Waals surface area (Å²) < 4.78 is 82.4. The Morgan fingerprint density at radius 2 is 1.62 bits per heavy atom. The highest BCUT2D eigenvalue weighted by atomic mass is 28.4. The predicted octanol–water partition coefficient (Wildman–Crippen LogP) is 3.98. The molecule has 1 aromatic carbocycles. The summed E-state index contributed by atoms with van der Waals surface area (Å²) in [5.74, 6) is -7.46. The van der Waals surface area contributed by atoms with E-state index in [1.54, 1.807) is 6.92 Å². The van der Waals surface area contributed by atoms with Crippen molar-refractivity contribution < 1.29 is 35.3 Å². The van der Waals surface area contributed by atoms with E-state index >= 15 is 0 Å². The predicted molar refractivity (Wildman–Crippen MR) is 80.2 cm³/mol. The molecule has 0 heterocycles. The molecule has 138 valence electrons. The van der Waals surface area contributed by atoms with Crippen LogP contribution in [-0.2, 0) is 13.3 Å². The van der Waals surface area contributed by atoms with Gasteiger partial charge in [0.15, 0.2) is 23.3 Å². The van der Waals surface area contributed by atoms with Gasteiger partial charge >= 0.3 is 8.80 Å². The molecule has 0 amide bonds. The molecule has 0 N–H and O–H groups in total. The molecule has 0 aliphatic rings. The quantitative estimate of drug-likeness (QED) is 0.155. The molecule has 0 unspecified atom stereocenters. The van der Waals surface area contributed by atoms with Crippen molar-refractivity contribution in [3.05, 3.63) is 29.3 Å². The average Bonchev–Trinajstić information content (AvgIpc) is 2.58. The van der Waals surface area contributed by atoms with Gasteiger partial charge in [-0.3, -0.25) is 0 Å². The smallest absolute Gasteiger partial charge is 0.377 e. The van der Waals surface area contributed by atoms with E-state index in [4.69, 9.17) is 13.3 Å². The molecule has 1 aromatic rings. The molecule has 4 nitrogen and oxygen atoms in total. The second-order valence-corrected chi connectivity index (χ2v) is 7.86. The molecule has 0 atom stereocenters. The molecule has 0 saturated heterocycles. The molecule has 0 aromatic heterocycles. The van der Waals surface area contributed by atoms with Crippen molar-refractivity contribution in [1.29, 1.82) is 0 Å². The summed E-state index contributed by atoms with van der Waals surface area (Å²) in [7, 11) is 0.0858. The summed E-state index contributed by atoms with van der Waals surface area (Å²) >= 11 is 0. The second-order valence-electron chi connectivity index (χ2n) is 4.89. The molecular formula is C14H20F5NO3Si. The lowest BCUT2D eigenvalue weighted by atomic mass is 10.2. The van der Waals surface area contributed by atoms with Crippen LogP contribution >= 0.6 is 0 Å². The van der Waals surface area contributed by atoms with Gasteiger partial charge in [-0.25, -0.2) is 22.7 Å². The van der Waals surface area contributed by atoms with E-state index < -0.39 is 37.8 Å². The summed E-state index contributed by atoms with van der Waals surface area (Å²) in [5.41, 5.74) is -0.988. The fraction of sp³-hybridized carbons (Fsp3) is 0.571. The van der Waals surface area contributed by atoms with Crippen LogP contribution in [0, 0.1) is 23.3 Å². The zero-order valence-electron chi connectivity index (χ0n) is 13.7. The number of halogens is 5. The van der Waals surface area contributed by atoms with Crippen molar-refractivity contribution in [2.24, 2.45) is 0 Å². The van der Waals surface area contributed by atoms with Crippen LogP contribution in [0.5, 0.6) is 0 Å². The van der Waals surface area contributed by atoms with Crippen LogP contribution in [0.25, 0.3) is 0 Å². The summed E-state index contributed by atoms with van der Waals surface area (Å²) in [6, 6.07) is 0.674. The number of nitrogens with zero attached hydrogens (tertiary/aromatic N) is 1. The Morgan fingerprint density at radius 3 is 2.17 bits per heavy atom. The third-order valence-corrected chi connectivity index (χ3v) is 6.36. The number of anilines is 1. The monoisotopic (exact) mass is 373 g/mol. The van der Waals surface area contributed by atoms with Crippen molar-refractivity contribution in [1.82, 2.24) is 0 Å². The van der Waals surface area contributed by atoms with Crippen LogP contribution in [0.15, 0.2) is 6.07 Å². The largest absolute Gasteiger partial charge is 0.500 e. The summed E-state index contributed by atoms with van der Waals surface area (Å²) in [4.78, 5) is 0. The van der Waals surface area contributed by atoms with Gasteiger partial charge < -0.3 is 13.3 Å².